The zero-order chi connectivity index (χ0) is 14.5. The van der Waals surface area contributed by atoms with E-state index in [2.05, 4.69) is 29.1 Å². The molecule has 106 valence electrons. The van der Waals surface area contributed by atoms with Crippen LogP contribution in [0.5, 0.6) is 0 Å². The highest BCUT2D eigenvalue weighted by Crippen LogP contribution is 2.07. The van der Waals surface area contributed by atoms with E-state index in [-0.39, 0.29) is 5.56 Å². The summed E-state index contributed by atoms with van der Waals surface area (Å²) < 4.78 is 1.69. The van der Waals surface area contributed by atoms with Crippen LogP contribution in [0.15, 0.2) is 35.6 Å². The Morgan fingerprint density at radius 1 is 1.35 bits per heavy atom. The number of nitrogens with zero attached hydrogens (tertiary/aromatic N) is 3. The number of aromatic nitrogens is 3. The summed E-state index contributed by atoms with van der Waals surface area (Å²) in [5, 5.41) is 3.10. The van der Waals surface area contributed by atoms with Crippen LogP contribution in [-0.4, -0.2) is 14.5 Å². The van der Waals surface area contributed by atoms with Gasteiger partial charge in [-0.1, -0.05) is 13.8 Å². The van der Waals surface area contributed by atoms with E-state index in [0.29, 0.717) is 24.8 Å². The smallest absolute Gasteiger partial charge is 0.293 e. The summed E-state index contributed by atoms with van der Waals surface area (Å²) in [4.78, 5) is 20.5. The van der Waals surface area contributed by atoms with Crippen LogP contribution in [0.2, 0.25) is 0 Å². The van der Waals surface area contributed by atoms with Crippen LogP contribution < -0.4 is 10.9 Å². The quantitative estimate of drug-likeness (QED) is 0.906. The molecule has 5 nitrogen and oxygen atoms in total. The highest BCUT2D eigenvalue weighted by atomic mass is 16.1. The van der Waals surface area contributed by atoms with Gasteiger partial charge in [0.1, 0.15) is 0 Å². The Hall–Kier alpha value is -2.17. The van der Waals surface area contributed by atoms with E-state index >= 15 is 0 Å². The largest absolute Gasteiger partial charge is 0.361 e. The van der Waals surface area contributed by atoms with Crippen LogP contribution in [0.25, 0.3) is 0 Å². The molecule has 0 bridgehead atoms. The van der Waals surface area contributed by atoms with Crippen molar-refractivity contribution in [1.82, 2.24) is 14.5 Å². The van der Waals surface area contributed by atoms with Gasteiger partial charge < -0.3 is 9.88 Å². The lowest BCUT2D eigenvalue weighted by Gasteiger charge is -2.11. The third kappa shape index (κ3) is 3.44. The van der Waals surface area contributed by atoms with Gasteiger partial charge in [-0.05, 0) is 30.0 Å². The molecule has 0 unspecified atom stereocenters. The highest BCUT2D eigenvalue weighted by molar-refractivity contribution is 5.34. The van der Waals surface area contributed by atoms with Gasteiger partial charge in [0.2, 0.25) is 0 Å². The van der Waals surface area contributed by atoms with Crippen LogP contribution >= 0.6 is 0 Å². The first-order chi connectivity index (χ1) is 9.58. The third-order valence-corrected chi connectivity index (χ3v) is 3.07. The fourth-order valence-electron chi connectivity index (χ4n) is 1.97. The van der Waals surface area contributed by atoms with Crippen molar-refractivity contribution in [3.05, 3.63) is 52.3 Å². The normalized spacial score (nSPS) is 10.8. The second-order valence-electron chi connectivity index (χ2n) is 5.28. The Balaban J connectivity index is 2.14. The molecule has 2 aromatic heterocycles. The molecule has 20 heavy (non-hydrogen) atoms. The Bertz CT molecular complexity index is 634. The standard InChI is InChI=1S/C15H20N4O/c1-11(2)10-19-7-6-17-14(15(19)20)18-9-13-8-16-5-4-12(13)3/h4-8,11H,9-10H2,1-3H3,(H,17,18). The van der Waals surface area contributed by atoms with Gasteiger partial charge in [0.05, 0.1) is 0 Å². The monoisotopic (exact) mass is 272 g/mol. The van der Waals surface area contributed by atoms with Gasteiger partial charge in [0.25, 0.3) is 5.56 Å². The first kappa shape index (κ1) is 14.2. The van der Waals surface area contributed by atoms with Crippen LogP contribution in [0.3, 0.4) is 0 Å². The summed E-state index contributed by atoms with van der Waals surface area (Å²) in [6.45, 7) is 7.43. The van der Waals surface area contributed by atoms with Gasteiger partial charge in [-0.3, -0.25) is 9.78 Å². The van der Waals surface area contributed by atoms with Crippen molar-refractivity contribution < 1.29 is 0 Å². The van der Waals surface area contributed by atoms with Crippen molar-refractivity contribution >= 4 is 5.82 Å². The predicted molar refractivity (Wildman–Crippen MR) is 79.6 cm³/mol. The van der Waals surface area contributed by atoms with Crippen molar-refractivity contribution in [3.8, 4) is 0 Å². The molecule has 0 amide bonds. The molecule has 2 rings (SSSR count). The van der Waals surface area contributed by atoms with Crippen molar-refractivity contribution in [2.75, 3.05) is 5.32 Å². The summed E-state index contributed by atoms with van der Waals surface area (Å²) in [5.41, 5.74) is 2.13. The molecule has 0 aliphatic heterocycles. The molecule has 0 aliphatic rings. The van der Waals surface area contributed by atoms with Crippen LogP contribution in [0.4, 0.5) is 5.82 Å². The van der Waals surface area contributed by atoms with E-state index in [4.69, 9.17) is 0 Å². The average Bonchev–Trinajstić information content (AvgIpc) is 2.41. The summed E-state index contributed by atoms with van der Waals surface area (Å²) in [6.07, 6.45) is 6.94. The molecule has 2 aromatic rings. The summed E-state index contributed by atoms with van der Waals surface area (Å²) >= 11 is 0. The SMILES string of the molecule is Cc1ccncc1CNc1nccn(CC(C)C)c1=O. The molecular weight excluding hydrogens is 252 g/mol. The molecule has 0 saturated carbocycles. The van der Waals surface area contributed by atoms with Crippen LogP contribution in [0, 0.1) is 12.8 Å². The first-order valence-electron chi connectivity index (χ1n) is 6.76. The summed E-state index contributed by atoms with van der Waals surface area (Å²) in [7, 11) is 0. The van der Waals surface area contributed by atoms with E-state index in [9.17, 15) is 4.79 Å². The molecule has 1 N–H and O–H groups in total. The first-order valence-corrected chi connectivity index (χ1v) is 6.76. The lowest BCUT2D eigenvalue weighted by molar-refractivity contribution is 0.509. The maximum atomic E-state index is 12.2. The maximum absolute atomic E-state index is 12.2. The Labute approximate surface area is 118 Å². The fraction of sp³-hybridized carbons (Fsp3) is 0.400. The minimum Gasteiger partial charge on any atom is -0.361 e. The third-order valence-electron chi connectivity index (χ3n) is 3.07. The van der Waals surface area contributed by atoms with Gasteiger partial charge in [0, 0.05) is 37.9 Å². The average molecular weight is 272 g/mol. The molecular formula is C15H20N4O. The minimum atomic E-state index is -0.0808. The Kier molecular flexibility index (Phi) is 4.50. The number of nitrogens with one attached hydrogen (secondary N) is 1. The second kappa shape index (κ2) is 6.32. The van der Waals surface area contributed by atoms with Crippen LogP contribution in [-0.2, 0) is 13.1 Å². The Morgan fingerprint density at radius 2 is 2.15 bits per heavy atom. The lowest BCUT2D eigenvalue weighted by Crippen LogP contribution is -2.26. The highest BCUT2D eigenvalue weighted by Gasteiger charge is 2.06. The zero-order valence-electron chi connectivity index (χ0n) is 12.1. The molecule has 0 atom stereocenters. The number of aryl methyl sites for hydroxylation is 1. The number of hydrogen-bond acceptors (Lipinski definition) is 4. The second-order valence-corrected chi connectivity index (χ2v) is 5.28. The number of anilines is 1. The molecule has 5 heteroatoms. The molecule has 0 saturated heterocycles. The lowest BCUT2D eigenvalue weighted by atomic mass is 10.1. The van der Waals surface area contributed by atoms with Crippen LogP contribution in [0.1, 0.15) is 25.0 Å². The number of pyridine rings is 1. The fourth-order valence-corrected chi connectivity index (χ4v) is 1.97. The van der Waals surface area contributed by atoms with Gasteiger partial charge >= 0.3 is 0 Å². The van der Waals surface area contributed by atoms with Crippen molar-refractivity contribution in [2.45, 2.75) is 33.9 Å². The molecule has 0 aliphatic carbocycles. The molecule has 0 aromatic carbocycles. The van der Waals surface area contributed by atoms with Crippen molar-refractivity contribution in [1.29, 1.82) is 0 Å². The molecule has 0 spiro atoms. The molecule has 0 fully saturated rings. The number of hydrogen-bond donors (Lipinski definition) is 1. The summed E-state index contributed by atoms with van der Waals surface area (Å²) in [5.74, 6) is 0.805. The Morgan fingerprint density at radius 3 is 2.85 bits per heavy atom. The van der Waals surface area contributed by atoms with Crippen molar-refractivity contribution in [2.24, 2.45) is 5.92 Å². The topological polar surface area (TPSA) is 59.8 Å². The summed E-state index contributed by atoms with van der Waals surface area (Å²) in [6, 6.07) is 1.95. The van der Waals surface area contributed by atoms with E-state index in [1.807, 2.05) is 13.0 Å². The predicted octanol–water partition coefficient (Wildman–Crippen LogP) is 2.21. The van der Waals surface area contributed by atoms with Gasteiger partial charge in [-0.2, -0.15) is 0 Å². The van der Waals surface area contributed by atoms with Gasteiger partial charge in [-0.25, -0.2) is 4.98 Å². The molecule has 0 radical (unpaired) electrons. The van der Waals surface area contributed by atoms with Gasteiger partial charge in [-0.15, -0.1) is 0 Å². The van der Waals surface area contributed by atoms with E-state index in [1.165, 1.54) is 0 Å². The zero-order valence-corrected chi connectivity index (χ0v) is 12.1. The number of rotatable bonds is 5. The minimum absolute atomic E-state index is 0.0808. The van der Waals surface area contributed by atoms with E-state index in [1.54, 1.807) is 29.4 Å². The van der Waals surface area contributed by atoms with E-state index < -0.39 is 0 Å². The van der Waals surface area contributed by atoms with Gasteiger partial charge in [0.15, 0.2) is 5.82 Å². The van der Waals surface area contributed by atoms with E-state index in [0.717, 1.165) is 11.1 Å². The maximum Gasteiger partial charge on any atom is 0.293 e. The molecule has 2 heterocycles. The van der Waals surface area contributed by atoms with Crippen molar-refractivity contribution in [3.63, 3.8) is 0 Å².